The van der Waals surface area contributed by atoms with Gasteiger partial charge in [-0.15, -0.1) is 11.8 Å². The number of nitrogens with zero attached hydrogens (tertiary/aromatic N) is 3. The van der Waals surface area contributed by atoms with Gasteiger partial charge in [0.2, 0.25) is 5.91 Å². The standard InChI is InChI=1S/C23H29N3O2S2/c1-16-7-10-18(11-8-16)29-15-20(27)26(14-6-13-25(3)4)23-24-21-19(28-5)12-9-17(2)22(21)30-23/h7-12H,6,13-15H2,1-5H3. The van der Waals surface area contributed by atoms with Gasteiger partial charge in [0, 0.05) is 11.4 Å². The van der Waals surface area contributed by atoms with Crippen LogP contribution in [-0.2, 0) is 4.79 Å². The highest BCUT2D eigenvalue weighted by Gasteiger charge is 2.21. The molecule has 0 saturated carbocycles. The molecule has 0 N–H and O–H groups in total. The number of carbonyl (C=O) groups excluding carboxylic acids is 1. The average molecular weight is 444 g/mol. The highest BCUT2D eigenvalue weighted by Crippen LogP contribution is 2.36. The summed E-state index contributed by atoms with van der Waals surface area (Å²) in [6, 6.07) is 12.3. The highest BCUT2D eigenvalue weighted by molar-refractivity contribution is 8.00. The van der Waals surface area contributed by atoms with Crippen molar-refractivity contribution in [2.24, 2.45) is 0 Å². The number of methoxy groups -OCH3 is 1. The summed E-state index contributed by atoms with van der Waals surface area (Å²) in [6.45, 7) is 5.69. The lowest BCUT2D eigenvalue weighted by Gasteiger charge is -2.21. The second-order valence-electron chi connectivity index (χ2n) is 7.56. The van der Waals surface area contributed by atoms with E-state index in [4.69, 9.17) is 9.72 Å². The third kappa shape index (κ3) is 5.53. The van der Waals surface area contributed by atoms with Crippen molar-refractivity contribution in [3.63, 3.8) is 0 Å². The van der Waals surface area contributed by atoms with Crippen molar-refractivity contribution in [3.8, 4) is 5.75 Å². The van der Waals surface area contributed by atoms with Crippen LogP contribution in [0.25, 0.3) is 10.2 Å². The van der Waals surface area contributed by atoms with E-state index < -0.39 is 0 Å². The van der Waals surface area contributed by atoms with E-state index in [0.717, 1.165) is 44.5 Å². The highest BCUT2D eigenvalue weighted by atomic mass is 32.2. The number of anilines is 1. The molecule has 0 unspecified atom stereocenters. The van der Waals surface area contributed by atoms with E-state index in [2.05, 4.69) is 43.0 Å². The lowest BCUT2D eigenvalue weighted by molar-refractivity contribution is -0.116. The molecule has 1 amide bonds. The maximum atomic E-state index is 13.2. The summed E-state index contributed by atoms with van der Waals surface area (Å²) in [7, 11) is 5.75. The summed E-state index contributed by atoms with van der Waals surface area (Å²) in [4.78, 5) is 23.1. The largest absolute Gasteiger partial charge is 0.494 e. The number of carbonyl (C=O) groups is 1. The van der Waals surface area contributed by atoms with Crippen LogP contribution in [0.4, 0.5) is 5.13 Å². The van der Waals surface area contributed by atoms with E-state index >= 15 is 0 Å². The number of aryl methyl sites for hydroxylation is 2. The normalized spacial score (nSPS) is 11.3. The first kappa shape index (κ1) is 22.6. The molecule has 5 nitrogen and oxygen atoms in total. The van der Waals surface area contributed by atoms with Gasteiger partial charge in [-0.3, -0.25) is 9.69 Å². The molecule has 0 aliphatic rings. The lowest BCUT2D eigenvalue weighted by Crippen LogP contribution is -2.34. The van der Waals surface area contributed by atoms with E-state index in [-0.39, 0.29) is 5.91 Å². The van der Waals surface area contributed by atoms with Crippen molar-refractivity contribution < 1.29 is 9.53 Å². The van der Waals surface area contributed by atoms with E-state index in [1.165, 1.54) is 5.56 Å². The zero-order chi connectivity index (χ0) is 21.7. The maximum absolute atomic E-state index is 13.2. The van der Waals surface area contributed by atoms with Gasteiger partial charge in [0.25, 0.3) is 0 Å². The van der Waals surface area contributed by atoms with Crippen molar-refractivity contribution in [2.45, 2.75) is 25.2 Å². The molecule has 160 valence electrons. The molecular formula is C23H29N3O2S2. The topological polar surface area (TPSA) is 45.7 Å². The van der Waals surface area contributed by atoms with Crippen molar-refractivity contribution in [3.05, 3.63) is 47.5 Å². The van der Waals surface area contributed by atoms with Gasteiger partial charge in [-0.25, -0.2) is 4.98 Å². The number of amides is 1. The number of fused-ring (bicyclic) bond motifs is 1. The van der Waals surface area contributed by atoms with Crippen molar-refractivity contribution in [2.75, 3.05) is 44.9 Å². The number of hydrogen-bond acceptors (Lipinski definition) is 6. The molecule has 0 bridgehead atoms. The summed E-state index contributed by atoms with van der Waals surface area (Å²) in [5.74, 6) is 1.21. The third-order valence-electron chi connectivity index (χ3n) is 4.81. The SMILES string of the molecule is COc1ccc(C)c2sc(N(CCCN(C)C)C(=O)CSc3ccc(C)cc3)nc12. The minimum atomic E-state index is 0.0787. The third-order valence-corrected chi connectivity index (χ3v) is 7.02. The Labute approximate surface area is 187 Å². The Balaban J connectivity index is 1.84. The van der Waals surface area contributed by atoms with Crippen LogP contribution in [0.5, 0.6) is 5.75 Å². The molecule has 3 rings (SSSR count). The molecule has 0 fully saturated rings. The Morgan fingerprint density at radius 2 is 1.83 bits per heavy atom. The quantitative estimate of drug-likeness (QED) is 0.436. The maximum Gasteiger partial charge on any atom is 0.239 e. The van der Waals surface area contributed by atoms with Crippen LogP contribution in [0.3, 0.4) is 0 Å². The number of ether oxygens (including phenoxy) is 1. The first-order chi connectivity index (χ1) is 14.4. The molecular weight excluding hydrogens is 414 g/mol. The van der Waals surface area contributed by atoms with Gasteiger partial charge < -0.3 is 9.64 Å². The fourth-order valence-electron chi connectivity index (χ4n) is 3.11. The zero-order valence-electron chi connectivity index (χ0n) is 18.3. The molecule has 30 heavy (non-hydrogen) atoms. The van der Waals surface area contributed by atoms with Crippen molar-refractivity contribution >= 4 is 44.4 Å². The molecule has 2 aromatic carbocycles. The van der Waals surface area contributed by atoms with Crippen LogP contribution in [0.1, 0.15) is 17.5 Å². The van der Waals surface area contributed by atoms with Gasteiger partial charge >= 0.3 is 0 Å². The predicted octanol–water partition coefficient (Wildman–Crippen LogP) is 5.00. The number of benzene rings is 2. The van der Waals surface area contributed by atoms with Crippen LogP contribution in [0, 0.1) is 13.8 Å². The fraction of sp³-hybridized carbons (Fsp3) is 0.391. The minimum absolute atomic E-state index is 0.0787. The average Bonchev–Trinajstić information content (AvgIpc) is 3.16. The van der Waals surface area contributed by atoms with Gasteiger partial charge in [-0.1, -0.05) is 35.1 Å². The number of rotatable bonds is 9. The van der Waals surface area contributed by atoms with Gasteiger partial charge in [0.05, 0.1) is 17.6 Å². The van der Waals surface area contributed by atoms with E-state index in [0.29, 0.717) is 12.3 Å². The second kappa shape index (κ2) is 10.3. The van der Waals surface area contributed by atoms with Crippen LogP contribution < -0.4 is 9.64 Å². The molecule has 1 heterocycles. The van der Waals surface area contributed by atoms with Crippen LogP contribution in [0.2, 0.25) is 0 Å². The van der Waals surface area contributed by atoms with Gasteiger partial charge in [-0.2, -0.15) is 0 Å². The molecule has 3 aromatic rings. The summed E-state index contributed by atoms with van der Waals surface area (Å²) in [5.41, 5.74) is 3.19. The monoisotopic (exact) mass is 443 g/mol. The Kier molecular flexibility index (Phi) is 7.75. The number of thioether (sulfide) groups is 1. The van der Waals surface area contributed by atoms with E-state index in [1.807, 2.05) is 31.1 Å². The fourth-order valence-corrected chi connectivity index (χ4v) is 4.98. The summed E-state index contributed by atoms with van der Waals surface area (Å²) >= 11 is 3.13. The Hall–Kier alpha value is -2.09. The van der Waals surface area contributed by atoms with Crippen molar-refractivity contribution in [1.82, 2.24) is 9.88 Å². The van der Waals surface area contributed by atoms with Crippen molar-refractivity contribution in [1.29, 1.82) is 0 Å². The van der Waals surface area contributed by atoms with Gasteiger partial charge in [0.1, 0.15) is 11.3 Å². The summed E-state index contributed by atoms with van der Waals surface area (Å²) in [5, 5.41) is 0.742. The van der Waals surface area contributed by atoms with Crippen LogP contribution in [-0.4, -0.2) is 55.8 Å². The lowest BCUT2D eigenvalue weighted by atomic mass is 10.2. The predicted molar refractivity (Wildman–Crippen MR) is 128 cm³/mol. The molecule has 0 saturated heterocycles. The number of thiazole rings is 1. The Morgan fingerprint density at radius 3 is 2.50 bits per heavy atom. The molecule has 0 aliphatic heterocycles. The molecule has 0 radical (unpaired) electrons. The Bertz CT molecular complexity index is 1000. The summed E-state index contributed by atoms with van der Waals surface area (Å²) < 4.78 is 6.56. The molecule has 0 aliphatic carbocycles. The minimum Gasteiger partial charge on any atom is -0.494 e. The zero-order valence-corrected chi connectivity index (χ0v) is 19.9. The first-order valence-corrected chi connectivity index (χ1v) is 11.8. The Morgan fingerprint density at radius 1 is 1.10 bits per heavy atom. The van der Waals surface area contributed by atoms with Crippen LogP contribution in [0.15, 0.2) is 41.3 Å². The van der Waals surface area contributed by atoms with E-state index in [1.54, 1.807) is 30.2 Å². The first-order valence-electron chi connectivity index (χ1n) is 9.97. The van der Waals surface area contributed by atoms with Gasteiger partial charge in [0.15, 0.2) is 5.13 Å². The molecule has 7 heteroatoms. The summed E-state index contributed by atoms with van der Waals surface area (Å²) in [6.07, 6.45) is 0.889. The van der Waals surface area contributed by atoms with E-state index in [9.17, 15) is 4.79 Å². The smallest absolute Gasteiger partial charge is 0.239 e. The molecule has 0 spiro atoms. The molecule has 1 aromatic heterocycles. The number of aromatic nitrogens is 1. The number of hydrogen-bond donors (Lipinski definition) is 0. The van der Waals surface area contributed by atoms with Gasteiger partial charge in [-0.05, 0) is 64.7 Å². The molecule has 0 atom stereocenters. The second-order valence-corrected chi connectivity index (χ2v) is 9.59. The van der Waals surface area contributed by atoms with Crippen LogP contribution >= 0.6 is 23.1 Å².